The zero-order valence-corrected chi connectivity index (χ0v) is 23.3. The highest BCUT2D eigenvalue weighted by atomic mass is 16.6. The standard InChI is InChI=1S/C30H40N4O6/c1-2-37-16-17-39-20-21-40-19-18-38-15-7-9-24(35)13-14-28(36)34-22-23-8-3-4-10-25(23)29-30(32-33-31-29)26-11-5-6-12-27(26)34/h3-6,8,10-12,29-30H,2,7,9,13-22H2,1H3,(H,31,32). The molecule has 2 atom stereocenters. The molecule has 0 aliphatic carbocycles. The fourth-order valence-corrected chi connectivity index (χ4v) is 4.90. The molecule has 2 aromatic rings. The van der Waals surface area contributed by atoms with Crippen LogP contribution in [0.25, 0.3) is 0 Å². The molecule has 2 heterocycles. The Morgan fingerprint density at radius 1 is 0.825 bits per heavy atom. The Labute approximate surface area is 236 Å². The molecule has 1 N–H and O–H groups in total. The first kappa shape index (κ1) is 29.8. The van der Waals surface area contributed by atoms with E-state index in [-0.39, 0.29) is 36.6 Å². The number of carbonyl (C=O) groups excluding carboxylic acids is 2. The average Bonchev–Trinajstić information content (AvgIpc) is 3.46. The van der Waals surface area contributed by atoms with Crippen LogP contribution in [0, 0.1) is 0 Å². The van der Waals surface area contributed by atoms with Crippen LogP contribution >= 0.6 is 0 Å². The molecule has 0 spiro atoms. The summed E-state index contributed by atoms with van der Waals surface area (Å²) >= 11 is 0. The lowest BCUT2D eigenvalue weighted by molar-refractivity contribution is -0.124. The largest absolute Gasteiger partial charge is 0.379 e. The minimum absolute atomic E-state index is 0.0620. The van der Waals surface area contributed by atoms with E-state index in [4.69, 9.17) is 18.9 Å². The lowest BCUT2D eigenvalue weighted by Crippen LogP contribution is -2.34. The van der Waals surface area contributed by atoms with Gasteiger partial charge in [-0.15, -0.1) is 0 Å². The SMILES string of the molecule is CCOCCOCCOCCOCCCC(=O)CCC(=O)N1Cc2ccccc2C2NN=NC2c2ccccc21. The molecule has 2 aliphatic rings. The Bertz CT molecular complexity index is 1130. The summed E-state index contributed by atoms with van der Waals surface area (Å²) in [6.07, 6.45) is 1.37. The average molecular weight is 553 g/mol. The van der Waals surface area contributed by atoms with Gasteiger partial charge < -0.3 is 23.8 Å². The number of para-hydroxylation sites is 1. The molecule has 10 heteroatoms. The second-order valence-electron chi connectivity index (χ2n) is 9.68. The van der Waals surface area contributed by atoms with Crippen molar-refractivity contribution in [2.24, 2.45) is 10.3 Å². The van der Waals surface area contributed by atoms with Gasteiger partial charge in [-0.3, -0.25) is 15.0 Å². The zero-order chi connectivity index (χ0) is 28.0. The number of nitrogens with zero attached hydrogens (tertiary/aromatic N) is 3. The third kappa shape index (κ3) is 8.41. The van der Waals surface area contributed by atoms with Crippen LogP contribution in [0.2, 0.25) is 0 Å². The van der Waals surface area contributed by atoms with Crippen LogP contribution < -0.4 is 10.3 Å². The van der Waals surface area contributed by atoms with Crippen molar-refractivity contribution in [3.8, 4) is 0 Å². The number of nitrogens with one attached hydrogen (secondary N) is 1. The number of Topliss-reactive ketones (excluding diaryl/α,β-unsaturated/α-hetero) is 1. The van der Waals surface area contributed by atoms with E-state index in [9.17, 15) is 9.59 Å². The van der Waals surface area contributed by atoms with Gasteiger partial charge in [0, 0.05) is 43.7 Å². The Balaban J connectivity index is 1.18. The quantitative estimate of drug-likeness (QED) is 0.288. The van der Waals surface area contributed by atoms with Crippen molar-refractivity contribution in [2.45, 2.75) is 51.2 Å². The highest BCUT2D eigenvalue weighted by molar-refractivity contribution is 5.96. The van der Waals surface area contributed by atoms with Gasteiger partial charge >= 0.3 is 0 Å². The molecule has 4 rings (SSSR count). The van der Waals surface area contributed by atoms with E-state index in [0.717, 1.165) is 22.4 Å². The summed E-state index contributed by atoms with van der Waals surface area (Å²) in [5.74, 6) is -0.0146. The molecule has 2 unspecified atom stereocenters. The number of ether oxygens (including phenoxy) is 4. The maximum absolute atomic E-state index is 13.5. The number of hydrogen-bond acceptors (Lipinski definition) is 9. The topological polar surface area (TPSA) is 111 Å². The number of ketones is 1. The van der Waals surface area contributed by atoms with Crippen LogP contribution in [0.5, 0.6) is 0 Å². The van der Waals surface area contributed by atoms with E-state index >= 15 is 0 Å². The molecule has 0 fully saturated rings. The molecule has 0 bridgehead atoms. The van der Waals surface area contributed by atoms with Crippen LogP contribution in [-0.2, 0) is 35.1 Å². The van der Waals surface area contributed by atoms with E-state index in [1.165, 1.54) is 0 Å². The summed E-state index contributed by atoms with van der Waals surface area (Å²) in [5.41, 5.74) is 7.04. The van der Waals surface area contributed by atoms with E-state index in [1.54, 1.807) is 4.90 Å². The van der Waals surface area contributed by atoms with Crippen molar-refractivity contribution in [1.29, 1.82) is 0 Å². The second kappa shape index (κ2) is 16.2. The Hall–Kier alpha value is -3.18. The summed E-state index contributed by atoms with van der Waals surface area (Å²) in [4.78, 5) is 27.8. The van der Waals surface area contributed by atoms with Gasteiger partial charge in [-0.1, -0.05) is 47.7 Å². The van der Waals surface area contributed by atoms with Gasteiger partial charge in [0.25, 0.3) is 0 Å². The molecule has 0 saturated heterocycles. The maximum Gasteiger partial charge on any atom is 0.227 e. The number of fused-ring (bicyclic) bond motifs is 5. The maximum atomic E-state index is 13.5. The fourth-order valence-electron chi connectivity index (χ4n) is 4.90. The third-order valence-electron chi connectivity index (χ3n) is 6.94. The number of benzene rings is 2. The van der Waals surface area contributed by atoms with Crippen molar-refractivity contribution in [2.75, 3.05) is 57.8 Å². The van der Waals surface area contributed by atoms with Gasteiger partial charge in [0.05, 0.1) is 52.2 Å². The first-order chi connectivity index (χ1) is 19.7. The molecule has 216 valence electrons. The Kier molecular flexibility index (Phi) is 12.0. The normalized spacial score (nSPS) is 17.4. The molecule has 1 amide bonds. The van der Waals surface area contributed by atoms with Crippen LogP contribution in [0.15, 0.2) is 58.9 Å². The van der Waals surface area contributed by atoms with Gasteiger partial charge in [0.1, 0.15) is 11.8 Å². The van der Waals surface area contributed by atoms with E-state index in [0.29, 0.717) is 72.2 Å². The van der Waals surface area contributed by atoms with E-state index in [1.807, 2.05) is 49.4 Å². The Morgan fingerprint density at radius 3 is 2.23 bits per heavy atom. The van der Waals surface area contributed by atoms with E-state index in [2.05, 4.69) is 21.8 Å². The Morgan fingerprint density at radius 2 is 1.48 bits per heavy atom. The predicted octanol–water partition coefficient (Wildman–Crippen LogP) is 4.50. The summed E-state index contributed by atoms with van der Waals surface area (Å²) in [7, 11) is 0. The van der Waals surface area contributed by atoms with Gasteiger partial charge in [0.15, 0.2) is 0 Å². The van der Waals surface area contributed by atoms with Crippen molar-refractivity contribution in [1.82, 2.24) is 5.43 Å². The van der Waals surface area contributed by atoms with Gasteiger partial charge in [-0.05, 0) is 30.5 Å². The molecule has 40 heavy (non-hydrogen) atoms. The monoisotopic (exact) mass is 552 g/mol. The van der Waals surface area contributed by atoms with Crippen LogP contribution in [0.4, 0.5) is 5.69 Å². The second-order valence-corrected chi connectivity index (χ2v) is 9.68. The molecule has 10 nitrogen and oxygen atoms in total. The predicted molar refractivity (Wildman–Crippen MR) is 150 cm³/mol. The van der Waals surface area contributed by atoms with Crippen LogP contribution in [0.3, 0.4) is 0 Å². The minimum atomic E-state index is -0.223. The summed E-state index contributed by atoms with van der Waals surface area (Å²) < 4.78 is 21.6. The fraction of sp³-hybridized carbons (Fsp3) is 0.533. The van der Waals surface area contributed by atoms with Crippen LogP contribution in [0.1, 0.15) is 61.4 Å². The minimum Gasteiger partial charge on any atom is -0.379 e. The third-order valence-corrected chi connectivity index (χ3v) is 6.94. The molecular weight excluding hydrogens is 512 g/mol. The van der Waals surface area contributed by atoms with Crippen molar-refractivity contribution < 1.29 is 28.5 Å². The summed E-state index contributed by atoms with van der Waals surface area (Å²) in [6.45, 7) is 6.71. The van der Waals surface area contributed by atoms with Crippen molar-refractivity contribution in [3.63, 3.8) is 0 Å². The number of rotatable bonds is 17. The molecule has 2 aromatic carbocycles. The lowest BCUT2D eigenvalue weighted by atomic mass is 9.88. The number of anilines is 1. The molecule has 0 aromatic heterocycles. The summed E-state index contributed by atoms with van der Waals surface area (Å²) in [6, 6.07) is 15.6. The molecule has 0 saturated carbocycles. The van der Waals surface area contributed by atoms with Gasteiger partial charge in [-0.2, -0.15) is 5.11 Å². The number of amides is 1. The summed E-state index contributed by atoms with van der Waals surface area (Å²) in [5, 5.41) is 8.56. The number of hydrogen-bond donors (Lipinski definition) is 1. The highest BCUT2D eigenvalue weighted by Crippen LogP contribution is 2.43. The lowest BCUT2D eigenvalue weighted by Gasteiger charge is -2.32. The van der Waals surface area contributed by atoms with Gasteiger partial charge in [-0.25, -0.2) is 0 Å². The first-order valence-corrected chi connectivity index (χ1v) is 14.1. The van der Waals surface area contributed by atoms with Crippen LogP contribution in [-0.4, -0.2) is 64.5 Å². The van der Waals surface area contributed by atoms with Crippen molar-refractivity contribution in [3.05, 3.63) is 65.2 Å². The van der Waals surface area contributed by atoms with E-state index < -0.39 is 0 Å². The zero-order valence-electron chi connectivity index (χ0n) is 23.3. The van der Waals surface area contributed by atoms with Crippen molar-refractivity contribution >= 4 is 17.4 Å². The molecule has 0 radical (unpaired) electrons. The molecule has 2 aliphatic heterocycles. The first-order valence-electron chi connectivity index (χ1n) is 14.1. The van der Waals surface area contributed by atoms with Gasteiger partial charge in [0.2, 0.25) is 5.91 Å². The highest BCUT2D eigenvalue weighted by Gasteiger charge is 2.36. The number of carbonyl (C=O) groups is 2. The molecular formula is C30H40N4O6. The smallest absolute Gasteiger partial charge is 0.227 e.